The van der Waals surface area contributed by atoms with Crippen molar-refractivity contribution in [2.75, 3.05) is 26.2 Å². The van der Waals surface area contributed by atoms with Gasteiger partial charge in [0, 0.05) is 38.4 Å². The molecule has 5 nitrogen and oxygen atoms in total. The molecule has 3 fully saturated rings. The second kappa shape index (κ2) is 5.37. The Hall–Kier alpha value is -1.36. The number of amides is 1. The zero-order valence-electron chi connectivity index (χ0n) is 13.5. The minimum atomic E-state index is -0.0275. The predicted octanol–water partition coefficient (Wildman–Crippen LogP) is 1.64. The van der Waals surface area contributed by atoms with Crippen molar-refractivity contribution in [2.24, 2.45) is 18.4 Å². The van der Waals surface area contributed by atoms with Gasteiger partial charge in [0.15, 0.2) is 0 Å². The Kier molecular flexibility index (Phi) is 3.48. The van der Waals surface area contributed by atoms with Crippen LogP contribution in [0, 0.1) is 11.3 Å². The summed E-state index contributed by atoms with van der Waals surface area (Å²) in [5.74, 6) is 1.27. The van der Waals surface area contributed by atoms with Crippen LogP contribution in [0.2, 0.25) is 0 Å². The molecule has 3 heterocycles. The molecular formula is C17H26N4O. The highest BCUT2D eigenvalue weighted by molar-refractivity contribution is 5.85. The predicted molar refractivity (Wildman–Crippen MR) is 84.1 cm³/mol. The van der Waals surface area contributed by atoms with Gasteiger partial charge in [-0.25, -0.2) is 0 Å². The summed E-state index contributed by atoms with van der Waals surface area (Å²) in [6, 6.07) is 0. The van der Waals surface area contributed by atoms with Gasteiger partial charge in [-0.15, -0.1) is 0 Å². The Morgan fingerprint density at radius 2 is 1.95 bits per heavy atom. The van der Waals surface area contributed by atoms with Crippen molar-refractivity contribution in [2.45, 2.75) is 38.6 Å². The standard InChI is InChI=1S/C17H26N4O/c1-19-11-15(10-18-19)12-20-7-4-17(5-8-20)6-9-21(16(17)22)13-14-2-3-14/h10-11,14H,2-9,12-13H2,1H3. The number of carbonyl (C=O) groups is 1. The van der Waals surface area contributed by atoms with Gasteiger partial charge in [0.05, 0.1) is 11.6 Å². The van der Waals surface area contributed by atoms with Crippen LogP contribution in [0.3, 0.4) is 0 Å². The van der Waals surface area contributed by atoms with E-state index in [1.807, 2.05) is 17.9 Å². The first-order chi connectivity index (χ1) is 10.6. The highest BCUT2D eigenvalue weighted by Gasteiger charge is 2.48. The average molecular weight is 302 g/mol. The SMILES string of the molecule is Cn1cc(CN2CCC3(CC2)CCN(CC2CC2)C3=O)cn1. The first-order valence-electron chi connectivity index (χ1n) is 8.64. The first kappa shape index (κ1) is 14.2. The van der Waals surface area contributed by atoms with Crippen LogP contribution < -0.4 is 0 Å². The van der Waals surface area contributed by atoms with E-state index in [0.717, 1.165) is 57.9 Å². The van der Waals surface area contributed by atoms with E-state index in [4.69, 9.17) is 0 Å². The quantitative estimate of drug-likeness (QED) is 0.849. The van der Waals surface area contributed by atoms with Gasteiger partial charge in [0.2, 0.25) is 5.91 Å². The van der Waals surface area contributed by atoms with E-state index in [2.05, 4.69) is 21.1 Å². The number of nitrogens with zero attached hydrogens (tertiary/aromatic N) is 4. The van der Waals surface area contributed by atoms with E-state index >= 15 is 0 Å². The Bertz CT molecular complexity index is 555. The maximum atomic E-state index is 12.8. The molecular weight excluding hydrogens is 276 g/mol. The zero-order valence-corrected chi connectivity index (χ0v) is 13.5. The van der Waals surface area contributed by atoms with Crippen molar-refractivity contribution in [1.82, 2.24) is 19.6 Å². The van der Waals surface area contributed by atoms with Crippen LogP contribution in [-0.4, -0.2) is 51.7 Å². The minimum Gasteiger partial charge on any atom is -0.342 e. The number of aromatic nitrogens is 2. The topological polar surface area (TPSA) is 41.4 Å². The lowest BCUT2D eigenvalue weighted by Gasteiger charge is -2.37. The summed E-state index contributed by atoms with van der Waals surface area (Å²) >= 11 is 0. The fourth-order valence-electron chi connectivity index (χ4n) is 4.09. The Labute approximate surface area is 132 Å². The largest absolute Gasteiger partial charge is 0.342 e. The monoisotopic (exact) mass is 302 g/mol. The minimum absolute atomic E-state index is 0.0275. The molecule has 0 radical (unpaired) electrons. The zero-order chi connectivity index (χ0) is 15.2. The van der Waals surface area contributed by atoms with Crippen molar-refractivity contribution in [3.05, 3.63) is 18.0 Å². The van der Waals surface area contributed by atoms with Crippen LogP contribution in [0.25, 0.3) is 0 Å². The second-order valence-electron chi connectivity index (χ2n) is 7.52. The number of aryl methyl sites for hydroxylation is 1. The molecule has 1 saturated carbocycles. The third-order valence-corrected chi connectivity index (χ3v) is 5.75. The van der Waals surface area contributed by atoms with Crippen molar-refractivity contribution in [1.29, 1.82) is 0 Å². The average Bonchev–Trinajstić information content (AvgIpc) is 3.18. The Balaban J connectivity index is 1.34. The molecule has 1 amide bonds. The van der Waals surface area contributed by atoms with E-state index in [1.54, 1.807) is 0 Å². The Morgan fingerprint density at radius 1 is 1.23 bits per heavy atom. The molecule has 120 valence electrons. The Morgan fingerprint density at radius 3 is 2.59 bits per heavy atom. The van der Waals surface area contributed by atoms with E-state index in [-0.39, 0.29) is 5.41 Å². The molecule has 1 spiro atoms. The van der Waals surface area contributed by atoms with Crippen LogP contribution in [0.5, 0.6) is 0 Å². The van der Waals surface area contributed by atoms with Gasteiger partial charge in [-0.1, -0.05) is 0 Å². The lowest BCUT2D eigenvalue weighted by molar-refractivity contribution is -0.138. The van der Waals surface area contributed by atoms with E-state index in [1.165, 1.54) is 18.4 Å². The van der Waals surface area contributed by atoms with Gasteiger partial charge in [-0.05, 0) is 51.1 Å². The summed E-state index contributed by atoms with van der Waals surface area (Å²) in [4.78, 5) is 17.4. The fourth-order valence-corrected chi connectivity index (χ4v) is 4.09. The molecule has 5 heteroatoms. The van der Waals surface area contributed by atoms with Gasteiger partial charge in [0.25, 0.3) is 0 Å². The molecule has 2 saturated heterocycles. The van der Waals surface area contributed by atoms with E-state index in [0.29, 0.717) is 5.91 Å². The van der Waals surface area contributed by atoms with Crippen LogP contribution in [-0.2, 0) is 18.4 Å². The number of hydrogen-bond acceptors (Lipinski definition) is 3. The summed E-state index contributed by atoms with van der Waals surface area (Å²) in [5.41, 5.74) is 1.24. The normalized spacial score (nSPS) is 25.3. The second-order valence-corrected chi connectivity index (χ2v) is 7.52. The third-order valence-electron chi connectivity index (χ3n) is 5.75. The number of carbonyl (C=O) groups excluding carboxylic acids is 1. The molecule has 1 aliphatic carbocycles. The van der Waals surface area contributed by atoms with Crippen LogP contribution in [0.4, 0.5) is 0 Å². The summed E-state index contributed by atoms with van der Waals surface area (Å²) in [6.07, 6.45) is 9.84. The highest BCUT2D eigenvalue weighted by atomic mass is 16.2. The van der Waals surface area contributed by atoms with Crippen molar-refractivity contribution in [3.63, 3.8) is 0 Å². The molecule has 0 bridgehead atoms. The number of hydrogen-bond donors (Lipinski definition) is 0. The number of likely N-dealkylation sites (tertiary alicyclic amines) is 2. The third kappa shape index (κ3) is 2.67. The maximum absolute atomic E-state index is 12.8. The van der Waals surface area contributed by atoms with E-state index < -0.39 is 0 Å². The van der Waals surface area contributed by atoms with Gasteiger partial charge in [0.1, 0.15) is 0 Å². The number of piperidine rings is 1. The summed E-state index contributed by atoms with van der Waals surface area (Å²) in [7, 11) is 1.96. The van der Waals surface area contributed by atoms with Gasteiger partial charge >= 0.3 is 0 Å². The van der Waals surface area contributed by atoms with Crippen LogP contribution in [0.1, 0.15) is 37.7 Å². The van der Waals surface area contributed by atoms with Crippen molar-refractivity contribution >= 4 is 5.91 Å². The van der Waals surface area contributed by atoms with Gasteiger partial charge in [-0.2, -0.15) is 5.10 Å². The van der Waals surface area contributed by atoms with Crippen molar-refractivity contribution in [3.8, 4) is 0 Å². The summed E-state index contributed by atoms with van der Waals surface area (Å²) in [5, 5.41) is 4.24. The van der Waals surface area contributed by atoms with Crippen LogP contribution >= 0.6 is 0 Å². The smallest absolute Gasteiger partial charge is 0.228 e. The number of rotatable bonds is 4. The lowest BCUT2D eigenvalue weighted by Crippen LogP contribution is -2.44. The molecule has 0 unspecified atom stereocenters. The molecule has 0 aromatic carbocycles. The molecule has 22 heavy (non-hydrogen) atoms. The van der Waals surface area contributed by atoms with Gasteiger partial charge in [-0.3, -0.25) is 14.4 Å². The van der Waals surface area contributed by atoms with Gasteiger partial charge < -0.3 is 4.90 Å². The molecule has 1 aromatic rings. The fraction of sp³-hybridized carbons (Fsp3) is 0.765. The maximum Gasteiger partial charge on any atom is 0.228 e. The molecule has 2 aliphatic heterocycles. The molecule has 4 rings (SSSR count). The van der Waals surface area contributed by atoms with E-state index in [9.17, 15) is 4.79 Å². The summed E-state index contributed by atoms with van der Waals surface area (Å²) in [6.45, 7) is 5.07. The molecule has 0 atom stereocenters. The lowest BCUT2D eigenvalue weighted by atomic mass is 9.77. The first-order valence-corrected chi connectivity index (χ1v) is 8.64. The molecule has 0 N–H and O–H groups in total. The molecule has 1 aromatic heterocycles. The van der Waals surface area contributed by atoms with Crippen LogP contribution in [0.15, 0.2) is 12.4 Å². The molecule has 3 aliphatic rings. The summed E-state index contributed by atoms with van der Waals surface area (Å²) < 4.78 is 1.86. The van der Waals surface area contributed by atoms with Crippen molar-refractivity contribution < 1.29 is 4.79 Å². The highest BCUT2D eigenvalue weighted by Crippen LogP contribution is 2.43.